The second-order valence-corrected chi connectivity index (χ2v) is 7.13. The molecule has 3 rings (SSSR count). The van der Waals surface area contributed by atoms with Crippen LogP contribution in [0.1, 0.15) is 17.2 Å². The van der Waals surface area contributed by atoms with Crippen molar-refractivity contribution in [2.45, 2.75) is 6.04 Å². The van der Waals surface area contributed by atoms with Crippen LogP contribution in [0.2, 0.25) is 5.02 Å². The zero-order chi connectivity index (χ0) is 19.1. The van der Waals surface area contributed by atoms with Gasteiger partial charge in [-0.1, -0.05) is 54.1 Å². The molecule has 0 amide bonds. The summed E-state index contributed by atoms with van der Waals surface area (Å²) in [6.07, 6.45) is 0. The molecule has 1 radical (unpaired) electrons. The molecule has 2 aromatic carbocycles. The number of rotatable bonds is 8. The van der Waals surface area contributed by atoms with Crippen LogP contribution in [0.5, 0.6) is 0 Å². The van der Waals surface area contributed by atoms with Crippen molar-refractivity contribution in [3.05, 3.63) is 70.7 Å². The summed E-state index contributed by atoms with van der Waals surface area (Å²) in [5, 5.41) is 9.37. The van der Waals surface area contributed by atoms with Crippen LogP contribution in [0.25, 0.3) is 0 Å². The Balaban J connectivity index is 0.00000280. The third kappa shape index (κ3) is 6.85. The number of nitrogens with zero attached hydrogens (tertiary/aromatic N) is 2. The van der Waals surface area contributed by atoms with Gasteiger partial charge < -0.3 is 9.84 Å². The maximum absolute atomic E-state index is 10.5. The minimum absolute atomic E-state index is 0. The van der Waals surface area contributed by atoms with Gasteiger partial charge >= 0.3 is 5.97 Å². The predicted molar refractivity (Wildman–Crippen MR) is 112 cm³/mol. The molecule has 0 aliphatic carbocycles. The fourth-order valence-corrected chi connectivity index (χ4v) is 3.62. The summed E-state index contributed by atoms with van der Waals surface area (Å²) in [6.45, 7) is 4.75. The number of aliphatic carboxylic acids is 1. The number of carboxylic acids is 1. The van der Waals surface area contributed by atoms with Gasteiger partial charge in [-0.15, -0.1) is 0 Å². The van der Waals surface area contributed by atoms with Crippen LogP contribution in [0, 0.1) is 0 Å². The van der Waals surface area contributed by atoms with Crippen LogP contribution in [0.3, 0.4) is 0 Å². The molecule has 145 valence electrons. The molecule has 1 saturated heterocycles. The van der Waals surface area contributed by atoms with Crippen molar-refractivity contribution in [1.29, 1.82) is 0 Å². The van der Waals surface area contributed by atoms with E-state index < -0.39 is 5.97 Å². The van der Waals surface area contributed by atoms with Gasteiger partial charge in [-0.3, -0.25) is 9.80 Å². The first-order valence-electron chi connectivity index (χ1n) is 9.20. The fraction of sp³-hybridized carbons (Fsp3) is 0.381. The zero-order valence-electron chi connectivity index (χ0n) is 16.3. The third-order valence-corrected chi connectivity index (χ3v) is 5.10. The van der Waals surface area contributed by atoms with Crippen molar-refractivity contribution >= 4 is 47.1 Å². The fourth-order valence-electron chi connectivity index (χ4n) is 3.49. The van der Waals surface area contributed by atoms with Crippen LogP contribution >= 0.6 is 11.6 Å². The number of hydrogen-bond donors (Lipinski definition) is 1. The molecule has 1 aliphatic heterocycles. The van der Waals surface area contributed by atoms with Crippen molar-refractivity contribution in [3.63, 3.8) is 0 Å². The van der Waals surface area contributed by atoms with Gasteiger partial charge in [0.15, 0.2) is 0 Å². The Labute approximate surface area is 193 Å². The summed E-state index contributed by atoms with van der Waals surface area (Å²) < 4.78 is 5.15. The summed E-state index contributed by atoms with van der Waals surface area (Å²) in [6, 6.07) is 18.8. The van der Waals surface area contributed by atoms with Crippen LogP contribution in [0.15, 0.2) is 54.6 Å². The molecule has 1 fully saturated rings. The average molecular weight is 412 g/mol. The molecule has 0 spiro atoms. The van der Waals surface area contributed by atoms with E-state index in [1.807, 2.05) is 18.2 Å². The summed E-state index contributed by atoms with van der Waals surface area (Å²) >= 11 is 6.08. The van der Waals surface area contributed by atoms with E-state index in [4.69, 9.17) is 21.4 Å². The topological polar surface area (TPSA) is 53.0 Å². The molecule has 1 aliphatic rings. The van der Waals surface area contributed by atoms with Crippen LogP contribution in [-0.4, -0.2) is 96.4 Å². The van der Waals surface area contributed by atoms with E-state index in [9.17, 15) is 4.79 Å². The van der Waals surface area contributed by atoms with E-state index in [1.54, 1.807) is 0 Å². The number of ether oxygens (including phenoxy) is 1. The van der Waals surface area contributed by atoms with Gasteiger partial charge in [0.2, 0.25) is 0 Å². The van der Waals surface area contributed by atoms with Crippen molar-refractivity contribution < 1.29 is 14.6 Å². The van der Waals surface area contributed by atoms with Crippen molar-refractivity contribution in [2.75, 3.05) is 45.9 Å². The van der Waals surface area contributed by atoms with Crippen LogP contribution < -0.4 is 0 Å². The predicted octanol–water partition coefficient (Wildman–Crippen LogP) is 2.77. The number of carbonyl (C=O) groups is 1. The number of benzene rings is 2. The van der Waals surface area contributed by atoms with Gasteiger partial charge in [0.1, 0.15) is 6.61 Å². The first-order chi connectivity index (χ1) is 13.1. The van der Waals surface area contributed by atoms with Gasteiger partial charge in [-0.2, -0.15) is 0 Å². The SMILES string of the molecule is O=C(O)COCCN1CCN(C(c2ccccc2)c2ccc(Cl)cc2)CC1.[Na]. The Morgan fingerprint density at radius 1 is 1.00 bits per heavy atom. The minimum Gasteiger partial charge on any atom is -0.480 e. The van der Waals surface area contributed by atoms with Crippen molar-refractivity contribution in [2.24, 2.45) is 0 Å². The summed E-state index contributed by atoms with van der Waals surface area (Å²) in [7, 11) is 0. The summed E-state index contributed by atoms with van der Waals surface area (Å²) in [5.41, 5.74) is 2.52. The number of carboxylic acid groups (broad SMARTS) is 1. The van der Waals surface area contributed by atoms with E-state index in [0.717, 1.165) is 37.7 Å². The van der Waals surface area contributed by atoms with Gasteiger partial charge in [0, 0.05) is 67.3 Å². The number of piperazine rings is 1. The second-order valence-electron chi connectivity index (χ2n) is 6.69. The second kappa shape index (κ2) is 11.9. The quantitative estimate of drug-likeness (QED) is 0.534. The molecule has 0 aromatic heterocycles. The zero-order valence-corrected chi connectivity index (χ0v) is 19.0. The smallest absolute Gasteiger partial charge is 0.329 e. The molecular weight excluding hydrogens is 387 g/mol. The van der Waals surface area contributed by atoms with Gasteiger partial charge in [0.05, 0.1) is 12.6 Å². The first kappa shape index (κ1) is 23.4. The number of halogens is 1. The Morgan fingerprint density at radius 3 is 2.21 bits per heavy atom. The molecule has 0 saturated carbocycles. The molecule has 1 unspecified atom stereocenters. The Kier molecular flexibility index (Phi) is 9.95. The maximum atomic E-state index is 10.5. The first-order valence-corrected chi connectivity index (χ1v) is 9.57. The van der Waals surface area contributed by atoms with E-state index in [2.05, 4.69) is 46.2 Å². The molecule has 1 heterocycles. The Bertz CT molecular complexity index is 722. The molecule has 2 aromatic rings. The molecule has 7 heteroatoms. The maximum Gasteiger partial charge on any atom is 0.329 e. The van der Waals surface area contributed by atoms with E-state index >= 15 is 0 Å². The molecule has 1 atom stereocenters. The van der Waals surface area contributed by atoms with Crippen molar-refractivity contribution in [1.82, 2.24) is 9.80 Å². The molecular formula is C21H25ClN2NaO3. The van der Waals surface area contributed by atoms with Gasteiger partial charge in [-0.25, -0.2) is 4.79 Å². The molecule has 1 N–H and O–H groups in total. The average Bonchev–Trinajstić information content (AvgIpc) is 2.69. The monoisotopic (exact) mass is 411 g/mol. The third-order valence-electron chi connectivity index (χ3n) is 4.85. The largest absolute Gasteiger partial charge is 0.480 e. The minimum atomic E-state index is -0.923. The number of hydrogen-bond acceptors (Lipinski definition) is 4. The Hall–Kier alpha value is -0.920. The Morgan fingerprint density at radius 2 is 1.61 bits per heavy atom. The molecule has 28 heavy (non-hydrogen) atoms. The van der Waals surface area contributed by atoms with Crippen molar-refractivity contribution in [3.8, 4) is 0 Å². The van der Waals surface area contributed by atoms with E-state index in [1.165, 1.54) is 11.1 Å². The summed E-state index contributed by atoms with van der Waals surface area (Å²) in [4.78, 5) is 15.3. The van der Waals surface area contributed by atoms with Gasteiger partial charge in [0.25, 0.3) is 0 Å². The molecule has 5 nitrogen and oxygen atoms in total. The summed E-state index contributed by atoms with van der Waals surface area (Å²) in [5.74, 6) is -0.923. The molecule has 0 bridgehead atoms. The standard InChI is InChI=1S/C21H25ClN2O3.Na/c22-19-8-6-18(7-9-19)21(17-4-2-1-3-5-17)24-12-10-23(11-13-24)14-15-27-16-20(25)26;/h1-9,21H,10-16H2,(H,25,26);. The van der Waals surface area contributed by atoms with E-state index in [-0.39, 0.29) is 42.2 Å². The van der Waals surface area contributed by atoms with Crippen LogP contribution in [0.4, 0.5) is 0 Å². The van der Waals surface area contributed by atoms with Gasteiger partial charge in [-0.05, 0) is 23.3 Å². The van der Waals surface area contributed by atoms with Crippen LogP contribution in [-0.2, 0) is 9.53 Å². The van der Waals surface area contributed by atoms with E-state index in [0.29, 0.717) is 6.61 Å². The normalized spacial score (nSPS) is 16.3.